The molecule has 0 aromatic heterocycles. The van der Waals surface area contributed by atoms with Crippen molar-refractivity contribution in [2.24, 2.45) is 0 Å². The molecule has 0 unspecified atom stereocenters. The quantitative estimate of drug-likeness (QED) is 0.738. The average molecular weight is 400 g/mol. The Labute approximate surface area is 161 Å². The maximum absolute atomic E-state index is 12.2. The van der Waals surface area contributed by atoms with Gasteiger partial charge >= 0.3 is 0 Å². The molecule has 2 rings (SSSR count). The van der Waals surface area contributed by atoms with Crippen molar-refractivity contribution in [1.82, 2.24) is 0 Å². The van der Waals surface area contributed by atoms with E-state index in [1.54, 1.807) is 36.4 Å². The van der Waals surface area contributed by atoms with Crippen molar-refractivity contribution in [3.8, 4) is 0 Å². The number of rotatable bonds is 5. The number of anilines is 2. The molecule has 0 saturated heterocycles. The fourth-order valence-electron chi connectivity index (χ4n) is 2.29. The third-order valence-corrected chi connectivity index (χ3v) is 4.85. The fourth-order valence-corrected chi connectivity index (χ4v) is 2.76. The van der Waals surface area contributed by atoms with Crippen LogP contribution >= 0.6 is 34.8 Å². The van der Waals surface area contributed by atoms with Gasteiger partial charge in [-0.1, -0.05) is 40.9 Å². The summed E-state index contributed by atoms with van der Waals surface area (Å²) in [5, 5.41) is 4.15. The molecule has 2 amide bonds. The molecule has 0 fully saturated rings. The maximum Gasteiger partial charge on any atom is 0.226 e. The van der Waals surface area contributed by atoms with E-state index in [2.05, 4.69) is 5.32 Å². The van der Waals surface area contributed by atoms with Gasteiger partial charge in [0.15, 0.2) is 0 Å². The van der Waals surface area contributed by atoms with Crippen molar-refractivity contribution in [2.75, 3.05) is 16.8 Å². The summed E-state index contributed by atoms with van der Waals surface area (Å²) in [5.41, 5.74) is 2.04. The number of hydrogen-bond acceptors (Lipinski definition) is 2. The lowest BCUT2D eigenvalue weighted by Crippen LogP contribution is -2.32. The Bertz CT molecular complexity index is 809. The van der Waals surface area contributed by atoms with Crippen molar-refractivity contribution in [2.45, 2.75) is 20.3 Å². The minimum atomic E-state index is -0.211. The van der Waals surface area contributed by atoms with Gasteiger partial charge in [-0.05, 0) is 42.8 Å². The molecule has 25 heavy (non-hydrogen) atoms. The predicted octanol–water partition coefficient (Wildman–Crippen LogP) is 5.34. The van der Waals surface area contributed by atoms with Gasteiger partial charge in [0.1, 0.15) is 0 Å². The molecule has 0 radical (unpaired) electrons. The first kappa shape index (κ1) is 19.6. The first-order valence-electron chi connectivity index (χ1n) is 7.57. The third kappa shape index (κ3) is 5.11. The van der Waals surface area contributed by atoms with E-state index >= 15 is 0 Å². The molecule has 1 N–H and O–H groups in total. The van der Waals surface area contributed by atoms with Crippen LogP contribution in [-0.4, -0.2) is 18.4 Å². The van der Waals surface area contributed by atoms with Crippen LogP contribution in [0.25, 0.3) is 0 Å². The molecule has 132 valence electrons. The van der Waals surface area contributed by atoms with Gasteiger partial charge in [-0.15, -0.1) is 0 Å². The standard InChI is InChI=1S/C18H17Cl3N2O2/c1-11-14(19)4-3-5-17(11)22-18(25)8-9-23(12(2)24)13-6-7-15(20)16(21)10-13/h3-7,10H,8-9H2,1-2H3,(H,22,25). The van der Waals surface area contributed by atoms with Crippen LogP contribution in [0.1, 0.15) is 18.9 Å². The third-order valence-electron chi connectivity index (χ3n) is 3.70. The van der Waals surface area contributed by atoms with Gasteiger partial charge in [-0.2, -0.15) is 0 Å². The number of amides is 2. The Kier molecular flexibility index (Phi) is 6.71. The van der Waals surface area contributed by atoms with Crippen molar-refractivity contribution < 1.29 is 9.59 Å². The van der Waals surface area contributed by atoms with E-state index in [-0.39, 0.29) is 24.8 Å². The predicted molar refractivity (Wildman–Crippen MR) is 104 cm³/mol. The summed E-state index contributed by atoms with van der Waals surface area (Å²) in [7, 11) is 0. The molecule has 0 heterocycles. The molecule has 0 aliphatic rings. The molecule has 0 aliphatic carbocycles. The Morgan fingerprint density at radius 3 is 2.40 bits per heavy atom. The largest absolute Gasteiger partial charge is 0.326 e. The van der Waals surface area contributed by atoms with Gasteiger partial charge in [0.2, 0.25) is 11.8 Å². The summed E-state index contributed by atoms with van der Waals surface area (Å²) in [5.74, 6) is -0.401. The lowest BCUT2D eigenvalue weighted by atomic mass is 10.2. The Morgan fingerprint density at radius 2 is 1.76 bits per heavy atom. The number of hydrogen-bond donors (Lipinski definition) is 1. The fraction of sp³-hybridized carbons (Fsp3) is 0.222. The zero-order chi connectivity index (χ0) is 18.6. The van der Waals surface area contributed by atoms with Gasteiger partial charge < -0.3 is 10.2 Å². The van der Waals surface area contributed by atoms with E-state index in [4.69, 9.17) is 34.8 Å². The monoisotopic (exact) mass is 398 g/mol. The first-order chi connectivity index (χ1) is 11.8. The maximum atomic E-state index is 12.2. The van der Waals surface area contributed by atoms with Crippen molar-refractivity contribution in [3.63, 3.8) is 0 Å². The van der Waals surface area contributed by atoms with Crippen LogP contribution in [-0.2, 0) is 9.59 Å². The van der Waals surface area contributed by atoms with Crippen LogP contribution in [0.3, 0.4) is 0 Å². The lowest BCUT2D eigenvalue weighted by Gasteiger charge is -2.21. The van der Waals surface area contributed by atoms with Crippen molar-refractivity contribution >= 4 is 58.0 Å². The van der Waals surface area contributed by atoms with Gasteiger partial charge in [0, 0.05) is 36.3 Å². The lowest BCUT2D eigenvalue weighted by molar-refractivity contribution is -0.117. The second-order valence-electron chi connectivity index (χ2n) is 5.48. The van der Waals surface area contributed by atoms with Gasteiger partial charge in [-0.25, -0.2) is 0 Å². The Morgan fingerprint density at radius 1 is 1.04 bits per heavy atom. The SMILES string of the molecule is CC(=O)N(CCC(=O)Nc1cccc(Cl)c1C)c1ccc(Cl)c(Cl)c1. The molecule has 0 saturated carbocycles. The van der Waals surface area contributed by atoms with Crippen LogP contribution in [0.2, 0.25) is 15.1 Å². The smallest absolute Gasteiger partial charge is 0.226 e. The summed E-state index contributed by atoms with van der Waals surface area (Å²) >= 11 is 17.9. The highest BCUT2D eigenvalue weighted by Crippen LogP contribution is 2.27. The molecule has 0 bridgehead atoms. The van der Waals surface area contributed by atoms with Crippen LogP contribution < -0.4 is 10.2 Å². The van der Waals surface area contributed by atoms with Crippen LogP contribution in [0, 0.1) is 6.92 Å². The normalized spacial score (nSPS) is 10.4. The molecular formula is C18H17Cl3N2O2. The molecule has 0 spiro atoms. The second-order valence-corrected chi connectivity index (χ2v) is 6.70. The summed E-state index contributed by atoms with van der Waals surface area (Å²) in [6, 6.07) is 10.2. The molecule has 4 nitrogen and oxygen atoms in total. The highest BCUT2D eigenvalue weighted by atomic mass is 35.5. The van der Waals surface area contributed by atoms with Crippen LogP contribution in [0.15, 0.2) is 36.4 Å². The molecule has 7 heteroatoms. The summed E-state index contributed by atoms with van der Waals surface area (Å²) in [6.45, 7) is 3.48. The van der Waals surface area contributed by atoms with Gasteiger partial charge in [0.25, 0.3) is 0 Å². The second kappa shape index (κ2) is 8.56. The average Bonchev–Trinajstić information content (AvgIpc) is 2.55. The van der Waals surface area contributed by atoms with Gasteiger partial charge in [0.05, 0.1) is 10.0 Å². The number of benzene rings is 2. The summed E-state index contributed by atoms with van der Waals surface area (Å²) in [4.78, 5) is 25.6. The number of halogens is 3. The number of nitrogens with zero attached hydrogens (tertiary/aromatic N) is 1. The number of carbonyl (C=O) groups excluding carboxylic acids is 2. The number of nitrogens with one attached hydrogen (secondary N) is 1. The van der Waals surface area contributed by atoms with E-state index in [0.29, 0.717) is 26.4 Å². The molecule has 0 atom stereocenters. The molecular weight excluding hydrogens is 383 g/mol. The van der Waals surface area contributed by atoms with Crippen LogP contribution in [0.5, 0.6) is 0 Å². The summed E-state index contributed by atoms with van der Waals surface area (Å²) in [6.07, 6.45) is 0.131. The Hall–Kier alpha value is -1.75. The van der Waals surface area contributed by atoms with E-state index in [1.165, 1.54) is 11.8 Å². The molecule has 0 aliphatic heterocycles. The topological polar surface area (TPSA) is 49.4 Å². The highest BCUT2D eigenvalue weighted by Gasteiger charge is 2.15. The summed E-state index contributed by atoms with van der Waals surface area (Å²) < 4.78 is 0. The number of carbonyl (C=O) groups is 2. The van der Waals surface area contributed by atoms with E-state index in [0.717, 1.165) is 5.56 Å². The molecule has 2 aromatic carbocycles. The molecule has 2 aromatic rings. The zero-order valence-corrected chi connectivity index (χ0v) is 16.0. The van der Waals surface area contributed by atoms with Crippen molar-refractivity contribution in [3.05, 3.63) is 57.0 Å². The minimum Gasteiger partial charge on any atom is -0.326 e. The van der Waals surface area contributed by atoms with E-state index < -0.39 is 0 Å². The minimum absolute atomic E-state index is 0.131. The van der Waals surface area contributed by atoms with Crippen LogP contribution in [0.4, 0.5) is 11.4 Å². The van der Waals surface area contributed by atoms with E-state index in [1.807, 2.05) is 6.92 Å². The van der Waals surface area contributed by atoms with Crippen molar-refractivity contribution in [1.29, 1.82) is 0 Å². The highest BCUT2D eigenvalue weighted by molar-refractivity contribution is 6.42. The van der Waals surface area contributed by atoms with E-state index in [9.17, 15) is 9.59 Å². The Balaban J connectivity index is 2.05. The zero-order valence-electron chi connectivity index (χ0n) is 13.8. The van der Waals surface area contributed by atoms with Gasteiger partial charge in [-0.3, -0.25) is 9.59 Å². The first-order valence-corrected chi connectivity index (χ1v) is 8.71.